The zero-order valence-electron chi connectivity index (χ0n) is 13.9. The van der Waals surface area contributed by atoms with Crippen molar-refractivity contribution in [3.8, 4) is 0 Å². The molecule has 2 amide bonds. The Morgan fingerprint density at radius 3 is 2.50 bits per heavy atom. The molecule has 0 spiro atoms. The second kappa shape index (κ2) is 6.19. The van der Waals surface area contributed by atoms with Gasteiger partial charge in [-0.25, -0.2) is 0 Å². The van der Waals surface area contributed by atoms with E-state index in [1.54, 1.807) is 0 Å². The van der Waals surface area contributed by atoms with Gasteiger partial charge in [-0.05, 0) is 39.5 Å². The summed E-state index contributed by atoms with van der Waals surface area (Å²) in [7, 11) is 0. The third kappa shape index (κ3) is 3.45. The van der Waals surface area contributed by atoms with Gasteiger partial charge >= 0.3 is 0 Å². The zero-order chi connectivity index (χ0) is 15.7. The van der Waals surface area contributed by atoms with Crippen molar-refractivity contribution in [2.75, 3.05) is 19.6 Å². The maximum absolute atomic E-state index is 12.9. The number of carbonyl (C=O) groups is 2. The van der Waals surface area contributed by atoms with Gasteiger partial charge in [-0.2, -0.15) is 0 Å². The molecule has 0 atom stereocenters. The normalized spacial score (nSPS) is 26.5. The van der Waals surface area contributed by atoms with Crippen LogP contribution in [0.25, 0.3) is 0 Å². The predicted octanol–water partition coefficient (Wildman–Crippen LogP) is 1.52. The quantitative estimate of drug-likeness (QED) is 0.857. The first-order chi connectivity index (χ1) is 10.5. The van der Waals surface area contributed by atoms with Gasteiger partial charge in [0.2, 0.25) is 11.8 Å². The van der Waals surface area contributed by atoms with Crippen LogP contribution in [0.3, 0.4) is 0 Å². The molecule has 0 aromatic rings. The van der Waals surface area contributed by atoms with Crippen molar-refractivity contribution in [2.45, 2.75) is 76.4 Å². The maximum Gasteiger partial charge on any atom is 0.237 e. The van der Waals surface area contributed by atoms with Gasteiger partial charge in [0.05, 0.1) is 6.54 Å². The van der Waals surface area contributed by atoms with E-state index in [1.165, 1.54) is 38.5 Å². The molecule has 1 saturated heterocycles. The molecule has 0 radical (unpaired) electrons. The Hall–Kier alpha value is -1.10. The fraction of sp³-hybridized carbons (Fsp3) is 0.882. The molecule has 3 rings (SSSR count). The molecular formula is C17H29N3O2. The van der Waals surface area contributed by atoms with Crippen molar-refractivity contribution in [3.63, 3.8) is 0 Å². The summed E-state index contributed by atoms with van der Waals surface area (Å²) in [5, 5.41) is 2.92. The van der Waals surface area contributed by atoms with Crippen molar-refractivity contribution in [1.29, 1.82) is 0 Å². The number of rotatable bonds is 4. The second-order valence-corrected chi connectivity index (χ2v) is 7.73. The standard InChI is InChI=1S/C17H29N3O2/c1-17(2)11-15(21)18-9-10-19(17)12-16(22)20(14-7-8-14)13-5-3-4-6-13/h13-14H,3-12H2,1-2H3,(H,18,21). The Kier molecular flexibility index (Phi) is 4.44. The molecule has 1 heterocycles. The summed E-state index contributed by atoms with van der Waals surface area (Å²) in [6.07, 6.45) is 7.67. The van der Waals surface area contributed by atoms with Crippen LogP contribution in [0, 0.1) is 0 Å². The van der Waals surface area contributed by atoms with Gasteiger partial charge in [-0.1, -0.05) is 12.8 Å². The number of nitrogens with one attached hydrogen (secondary N) is 1. The molecule has 3 fully saturated rings. The Morgan fingerprint density at radius 2 is 1.86 bits per heavy atom. The third-order valence-corrected chi connectivity index (χ3v) is 5.43. The van der Waals surface area contributed by atoms with E-state index in [1.807, 2.05) is 0 Å². The van der Waals surface area contributed by atoms with Crippen LogP contribution in [0.4, 0.5) is 0 Å². The van der Waals surface area contributed by atoms with Gasteiger partial charge in [-0.15, -0.1) is 0 Å². The van der Waals surface area contributed by atoms with Gasteiger partial charge < -0.3 is 10.2 Å². The molecule has 5 nitrogen and oxygen atoms in total. The average Bonchev–Trinajstić information content (AvgIpc) is 3.13. The van der Waals surface area contributed by atoms with E-state index in [2.05, 4.69) is 29.0 Å². The molecule has 2 aliphatic carbocycles. The molecular weight excluding hydrogens is 278 g/mol. The summed E-state index contributed by atoms with van der Waals surface area (Å²) in [5.41, 5.74) is -0.249. The van der Waals surface area contributed by atoms with Crippen molar-refractivity contribution >= 4 is 11.8 Å². The first-order valence-electron chi connectivity index (χ1n) is 8.80. The number of hydrogen-bond acceptors (Lipinski definition) is 3. The van der Waals surface area contributed by atoms with Crippen LogP contribution >= 0.6 is 0 Å². The fourth-order valence-corrected chi connectivity index (χ4v) is 3.98. The zero-order valence-corrected chi connectivity index (χ0v) is 13.9. The Balaban J connectivity index is 1.67. The van der Waals surface area contributed by atoms with Crippen molar-refractivity contribution < 1.29 is 9.59 Å². The van der Waals surface area contributed by atoms with Crippen LogP contribution in [-0.2, 0) is 9.59 Å². The first-order valence-corrected chi connectivity index (χ1v) is 8.80. The largest absolute Gasteiger partial charge is 0.355 e. The number of hydrogen-bond donors (Lipinski definition) is 1. The molecule has 0 aromatic carbocycles. The molecule has 3 aliphatic rings. The minimum atomic E-state index is -0.249. The lowest BCUT2D eigenvalue weighted by molar-refractivity contribution is -0.137. The molecule has 0 bridgehead atoms. The molecule has 0 aromatic heterocycles. The number of amides is 2. The van der Waals surface area contributed by atoms with E-state index in [0.717, 1.165) is 6.54 Å². The SMILES string of the molecule is CC1(C)CC(=O)NCCN1CC(=O)N(C1CCCC1)C1CC1. The average molecular weight is 307 g/mol. The van der Waals surface area contributed by atoms with Crippen LogP contribution in [0.1, 0.15) is 58.8 Å². The highest BCUT2D eigenvalue weighted by atomic mass is 16.2. The van der Waals surface area contributed by atoms with E-state index in [9.17, 15) is 9.59 Å². The Bertz CT molecular complexity index is 439. The van der Waals surface area contributed by atoms with E-state index in [0.29, 0.717) is 31.6 Å². The summed E-state index contributed by atoms with van der Waals surface area (Å²) in [5.74, 6) is 0.367. The van der Waals surface area contributed by atoms with Crippen LogP contribution in [0.15, 0.2) is 0 Å². The first kappa shape index (κ1) is 15.8. The van der Waals surface area contributed by atoms with E-state index in [4.69, 9.17) is 0 Å². The number of nitrogens with zero attached hydrogens (tertiary/aromatic N) is 2. The van der Waals surface area contributed by atoms with Crippen LogP contribution in [0.5, 0.6) is 0 Å². The Morgan fingerprint density at radius 1 is 1.23 bits per heavy atom. The molecule has 2 saturated carbocycles. The molecule has 124 valence electrons. The van der Waals surface area contributed by atoms with Gasteiger partial charge in [-0.3, -0.25) is 14.5 Å². The highest BCUT2D eigenvalue weighted by Crippen LogP contribution is 2.35. The summed E-state index contributed by atoms with van der Waals surface area (Å²) >= 11 is 0. The van der Waals surface area contributed by atoms with Gasteiger partial charge in [0, 0.05) is 37.1 Å². The fourth-order valence-electron chi connectivity index (χ4n) is 3.98. The van der Waals surface area contributed by atoms with E-state index < -0.39 is 0 Å². The van der Waals surface area contributed by atoms with E-state index >= 15 is 0 Å². The third-order valence-electron chi connectivity index (χ3n) is 5.43. The lowest BCUT2D eigenvalue weighted by Gasteiger charge is -2.38. The smallest absolute Gasteiger partial charge is 0.237 e. The highest BCUT2D eigenvalue weighted by Gasteiger charge is 2.40. The Labute approximate surface area is 133 Å². The second-order valence-electron chi connectivity index (χ2n) is 7.73. The van der Waals surface area contributed by atoms with Crippen molar-refractivity contribution in [3.05, 3.63) is 0 Å². The minimum absolute atomic E-state index is 0.0924. The summed E-state index contributed by atoms with van der Waals surface area (Å²) < 4.78 is 0. The van der Waals surface area contributed by atoms with Crippen LogP contribution in [-0.4, -0.2) is 58.9 Å². The lowest BCUT2D eigenvalue weighted by atomic mass is 9.98. The summed E-state index contributed by atoms with van der Waals surface area (Å²) in [6.45, 7) is 6.00. The number of carbonyl (C=O) groups excluding carboxylic acids is 2. The molecule has 1 aliphatic heterocycles. The molecule has 22 heavy (non-hydrogen) atoms. The van der Waals surface area contributed by atoms with Gasteiger partial charge in [0.25, 0.3) is 0 Å². The topological polar surface area (TPSA) is 52.7 Å². The molecule has 1 N–H and O–H groups in total. The maximum atomic E-state index is 12.9. The van der Waals surface area contributed by atoms with E-state index in [-0.39, 0.29) is 17.4 Å². The van der Waals surface area contributed by atoms with Gasteiger partial charge in [0.1, 0.15) is 0 Å². The molecule has 5 heteroatoms. The lowest BCUT2D eigenvalue weighted by Crippen LogP contribution is -2.52. The monoisotopic (exact) mass is 307 g/mol. The minimum Gasteiger partial charge on any atom is -0.355 e. The van der Waals surface area contributed by atoms with Gasteiger partial charge in [0.15, 0.2) is 0 Å². The van der Waals surface area contributed by atoms with Crippen molar-refractivity contribution in [2.24, 2.45) is 0 Å². The summed E-state index contributed by atoms with van der Waals surface area (Å²) in [4.78, 5) is 29.1. The predicted molar refractivity (Wildman–Crippen MR) is 85.4 cm³/mol. The van der Waals surface area contributed by atoms with Crippen LogP contribution in [0.2, 0.25) is 0 Å². The van der Waals surface area contributed by atoms with Crippen LogP contribution < -0.4 is 5.32 Å². The van der Waals surface area contributed by atoms with Crippen molar-refractivity contribution in [1.82, 2.24) is 15.1 Å². The summed E-state index contributed by atoms with van der Waals surface area (Å²) in [6, 6.07) is 0.959. The molecule has 0 unspecified atom stereocenters. The highest BCUT2D eigenvalue weighted by molar-refractivity contribution is 5.80.